The molecule has 0 unspecified atom stereocenters. The molecule has 0 radical (unpaired) electrons. The van der Waals surface area contributed by atoms with E-state index in [1.165, 1.54) is 18.3 Å². The number of aliphatic hydroxyl groups excluding tert-OH is 1. The Morgan fingerprint density at radius 2 is 2.08 bits per heavy atom. The highest BCUT2D eigenvalue weighted by Crippen LogP contribution is 2.27. The summed E-state index contributed by atoms with van der Waals surface area (Å²) >= 11 is 0. The number of rotatable bonds is 3. The van der Waals surface area contributed by atoms with Gasteiger partial charge in [0.05, 0.1) is 17.4 Å². The van der Waals surface area contributed by atoms with Crippen LogP contribution in [0.3, 0.4) is 0 Å². The molecule has 0 aliphatic heterocycles. The van der Waals surface area contributed by atoms with E-state index in [1.54, 1.807) is 24.3 Å². The predicted octanol–water partition coefficient (Wildman–Crippen LogP) is 2.27. The zero-order valence-electron chi connectivity index (χ0n) is 13.8. The molecule has 2 heterocycles. The molecular formula is C19H17FN4O2. The summed E-state index contributed by atoms with van der Waals surface area (Å²) in [6.07, 6.45) is 2.17. The summed E-state index contributed by atoms with van der Waals surface area (Å²) in [4.78, 5) is 21.1. The molecule has 1 aliphatic rings. The van der Waals surface area contributed by atoms with Crippen LogP contribution in [0.25, 0.3) is 22.2 Å². The molecule has 7 heteroatoms. The third kappa shape index (κ3) is 2.97. The normalized spacial score (nSPS) is 19.2. The number of hydrogen-bond donors (Lipinski definition) is 3. The van der Waals surface area contributed by atoms with E-state index in [1.807, 2.05) is 0 Å². The van der Waals surface area contributed by atoms with E-state index in [0.717, 1.165) is 0 Å². The lowest BCUT2D eigenvalue weighted by molar-refractivity contribution is 0.0563. The number of benzene rings is 1. The van der Waals surface area contributed by atoms with Crippen molar-refractivity contribution in [1.29, 1.82) is 0 Å². The lowest BCUT2D eigenvalue weighted by atomic mass is 9.89. The Bertz CT molecular complexity index is 1000. The zero-order chi connectivity index (χ0) is 18.3. The monoisotopic (exact) mass is 352 g/mol. The molecule has 6 nitrogen and oxygen atoms in total. The van der Waals surface area contributed by atoms with Crippen molar-refractivity contribution in [1.82, 2.24) is 15.3 Å². The summed E-state index contributed by atoms with van der Waals surface area (Å²) < 4.78 is 13.5. The van der Waals surface area contributed by atoms with Crippen LogP contribution in [0.4, 0.5) is 10.2 Å². The Morgan fingerprint density at radius 1 is 1.27 bits per heavy atom. The van der Waals surface area contributed by atoms with E-state index in [4.69, 9.17) is 5.73 Å². The van der Waals surface area contributed by atoms with E-state index >= 15 is 0 Å². The van der Waals surface area contributed by atoms with Crippen LogP contribution in [0.1, 0.15) is 23.2 Å². The summed E-state index contributed by atoms with van der Waals surface area (Å²) in [5.41, 5.74) is 7.87. The molecule has 132 valence electrons. The third-order valence-electron chi connectivity index (χ3n) is 4.57. The number of carbonyl (C=O) groups excluding carboxylic acids is 1. The molecular weight excluding hydrogens is 335 g/mol. The Hall–Kier alpha value is -3.06. The van der Waals surface area contributed by atoms with Gasteiger partial charge in [0.25, 0.3) is 5.91 Å². The lowest BCUT2D eigenvalue weighted by Gasteiger charge is -2.32. The van der Waals surface area contributed by atoms with E-state index in [9.17, 15) is 14.3 Å². The van der Waals surface area contributed by atoms with Crippen molar-refractivity contribution < 1.29 is 14.3 Å². The number of aliphatic hydroxyl groups is 1. The molecule has 0 spiro atoms. The van der Waals surface area contributed by atoms with Crippen molar-refractivity contribution in [3.05, 3.63) is 54.0 Å². The molecule has 1 saturated carbocycles. The molecule has 1 aromatic carbocycles. The maximum atomic E-state index is 13.5. The van der Waals surface area contributed by atoms with Crippen molar-refractivity contribution in [3.8, 4) is 11.3 Å². The zero-order valence-corrected chi connectivity index (χ0v) is 13.8. The summed E-state index contributed by atoms with van der Waals surface area (Å²) in [7, 11) is 0. The number of nitrogens with one attached hydrogen (secondary N) is 1. The highest BCUT2D eigenvalue weighted by molar-refractivity contribution is 6.08. The highest BCUT2D eigenvalue weighted by atomic mass is 19.1. The minimum atomic E-state index is -0.355. The molecule has 1 amide bonds. The first kappa shape index (κ1) is 16.4. The first-order chi connectivity index (χ1) is 12.5. The second-order valence-corrected chi connectivity index (χ2v) is 6.46. The minimum absolute atomic E-state index is 0.0374. The SMILES string of the molecule is Nc1ncc(C(=O)N[C@H]2C[C@@H](O)C2)c2ccc(-c3cccc(F)c3)nc12. The van der Waals surface area contributed by atoms with Gasteiger partial charge < -0.3 is 16.2 Å². The number of amides is 1. The number of pyridine rings is 2. The average Bonchev–Trinajstić information content (AvgIpc) is 2.60. The van der Waals surface area contributed by atoms with Gasteiger partial charge in [-0.25, -0.2) is 14.4 Å². The van der Waals surface area contributed by atoms with Crippen molar-refractivity contribution >= 4 is 22.6 Å². The first-order valence-corrected chi connectivity index (χ1v) is 8.31. The number of nitrogen functional groups attached to an aromatic ring is 1. The number of halogens is 1. The fourth-order valence-electron chi connectivity index (χ4n) is 3.09. The van der Waals surface area contributed by atoms with E-state index in [2.05, 4.69) is 15.3 Å². The summed E-state index contributed by atoms with van der Waals surface area (Å²) in [5.74, 6) is -0.431. The minimum Gasteiger partial charge on any atom is -0.393 e. The van der Waals surface area contributed by atoms with Crippen LogP contribution in [0.2, 0.25) is 0 Å². The maximum Gasteiger partial charge on any atom is 0.253 e. The molecule has 2 aromatic heterocycles. The fraction of sp³-hybridized carbons (Fsp3) is 0.211. The van der Waals surface area contributed by atoms with Gasteiger partial charge in [-0.15, -0.1) is 0 Å². The number of nitrogens with zero attached hydrogens (tertiary/aromatic N) is 2. The largest absolute Gasteiger partial charge is 0.393 e. The Balaban J connectivity index is 1.72. The topological polar surface area (TPSA) is 101 Å². The molecule has 0 bridgehead atoms. The van der Waals surface area contributed by atoms with Gasteiger partial charge in [-0.2, -0.15) is 0 Å². The molecule has 1 fully saturated rings. The van der Waals surface area contributed by atoms with Crippen molar-refractivity contribution in [3.63, 3.8) is 0 Å². The molecule has 26 heavy (non-hydrogen) atoms. The third-order valence-corrected chi connectivity index (χ3v) is 4.57. The first-order valence-electron chi connectivity index (χ1n) is 8.31. The van der Waals surface area contributed by atoms with Crippen molar-refractivity contribution in [2.75, 3.05) is 5.73 Å². The highest BCUT2D eigenvalue weighted by Gasteiger charge is 2.29. The van der Waals surface area contributed by atoms with Gasteiger partial charge in [-0.3, -0.25) is 4.79 Å². The maximum absolute atomic E-state index is 13.5. The second kappa shape index (κ2) is 6.34. The smallest absolute Gasteiger partial charge is 0.253 e. The van der Waals surface area contributed by atoms with Crippen LogP contribution in [0.5, 0.6) is 0 Å². The van der Waals surface area contributed by atoms with Crippen LogP contribution in [0, 0.1) is 5.82 Å². The molecule has 4 N–H and O–H groups in total. The van der Waals surface area contributed by atoms with Crippen LogP contribution < -0.4 is 11.1 Å². The number of aromatic nitrogens is 2. The van der Waals surface area contributed by atoms with Gasteiger partial charge in [0, 0.05) is 23.2 Å². The van der Waals surface area contributed by atoms with Crippen LogP contribution in [0.15, 0.2) is 42.6 Å². The molecule has 3 aromatic rings. The number of fused-ring (bicyclic) bond motifs is 1. The second-order valence-electron chi connectivity index (χ2n) is 6.46. The van der Waals surface area contributed by atoms with Gasteiger partial charge in [0.1, 0.15) is 17.2 Å². The summed E-state index contributed by atoms with van der Waals surface area (Å²) in [6, 6.07) is 9.53. The Kier molecular flexibility index (Phi) is 4.00. The molecule has 0 saturated heterocycles. The fourth-order valence-corrected chi connectivity index (χ4v) is 3.09. The van der Waals surface area contributed by atoms with E-state index < -0.39 is 0 Å². The predicted molar refractivity (Wildman–Crippen MR) is 95.8 cm³/mol. The molecule has 4 rings (SSSR count). The number of carbonyl (C=O) groups is 1. The average molecular weight is 352 g/mol. The van der Waals surface area contributed by atoms with Gasteiger partial charge in [0.15, 0.2) is 0 Å². The number of anilines is 1. The Labute approximate surface area is 148 Å². The van der Waals surface area contributed by atoms with Crippen LogP contribution >= 0.6 is 0 Å². The number of hydrogen-bond acceptors (Lipinski definition) is 5. The van der Waals surface area contributed by atoms with Crippen molar-refractivity contribution in [2.45, 2.75) is 25.0 Å². The standard InChI is InChI=1S/C19H17FN4O2/c20-11-3-1-2-10(6-11)16-5-4-14-15(9-22-18(21)17(14)24-16)19(26)23-12-7-13(25)8-12/h1-6,9,12-13,25H,7-8H2,(H2,21,22)(H,23,26)/t12-,13+. The van der Waals surface area contributed by atoms with Gasteiger partial charge in [0.2, 0.25) is 0 Å². The quantitative estimate of drug-likeness (QED) is 0.671. The van der Waals surface area contributed by atoms with Gasteiger partial charge in [-0.1, -0.05) is 12.1 Å². The van der Waals surface area contributed by atoms with Crippen LogP contribution in [-0.2, 0) is 0 Å². The molecule has 1 aliphatic carbocycles. The number of nitrogens with two attached hydrogens (primary N) is 1. The van der Waals surface area contributed by atoms with E-state index in [0.29, 0.717) is 40.6 Å². The van der Waals surface area contributed by atoms with Crippen LogP contribution in [-0.4, -0.2) is 33.1 Å². The summed E-state index contributed by atoms with van der Waals surface area (Å²) in [6.45, 7) is 0. The van der Waals surface area contributed by atoms with E-state index in [-0.39, 0.29) is 29.7 Å². The van der Waals surface area contributed by atoms with Gasteiger partial charge in [-0.05, 0) is 37.1 Å². The lowest BCUT2D eigenvalue weighted by Crippen LogP contribution is -2.46. The Morgan fingerprint density at radius 3 is 2.81 bits per heavy atom. The van der Waals surface area contributed by atoms with Crippen molar-refractivity contribution in [2.24, 2.45) is 0 Å². The molecule has 0 atom stereocenters. The van der Waals surface area contributed by atoms with Gasteiger partial charge >= 0.3 is 0 Å². The summed E-state index contributed by atoms with van der Waals surface area (Å²) in [5, 5.41) is 12.8.